The van der Waals surface area contributed by atoms with Crippen LogP contribution in [0.1, 0.15) is 27.8 Å². The molecule has 3 heterocycles. The molecule has 1 atom stereocenters. The minimum absolute atomic E-state index is 0.0370. The molecule has 0 saturated carbocycles. The van der Waals surface area contributed by atoms with Crippen LogP contribution in [0.4, 0.5) is 0 Å². The number of hydrogen-bond donors (Lipinski definition) is 0. The highest BCUT2D eigenvalue weighted by molar-refractivity contribution is 7.99. The van der Waals surface area contributed by atoms with E-state index in [1.807, 2.05) is 43.3 Å². The third-order valence-electron chi connectivity index (χ3n) is 3.59. The molecule has 0 amide bonds. The molecule has 0 saturated heterocycles. The second-order valence-corrected chi connectivity index (χ2v) is 6.39. The zero-order chi connectivity index (χ0) is 15.1. The van der Waals surface area contributed by atoms with Crippen LogP contribution in [-0.2, 0) is 0 Å². The monoisotopic (exact) mass is 311 g/mol. The van der Waals surface area contributed by atoms with E-state index in [9.17, 15) is 4.79 Å². The van der Waals surface area contributed by atoms with Gasteiger partial charge in [-0.25, -0.2) is 4.98 Å². The summed E-state index contributed by atoms with van der Waals surface area (Å²) in [7, 11) is 0. The maximum atomic E-state index is 12.3. The van der Waals surface area contributed by atoms with Crippen molar-refractivity contribution in [1.82, 2.24) is 14.8 Å². The van der Waals surface area contributed by atoms with Crippen molar-refractivity contribution in [3.05, 3.63) is 54.0 Å². The predicted octanol–water partition coefficient (Wildman–Crippen LogP) is 3.72. The van der Waals surface area contributed by atoms with Crippen molar-refractivity contribution in [3.8, 4) is 11.4 Å². The van der Waals surface area contributed by atoms with Gasteiger partial charge in [0.1, 0.15) is 5.76 Å². The Hall–Kier alpha value is -2.34. The number of nitrogens with zero attached hydrogens (tertiary/aromatic N) is 3. The Morgan fingerprint density at radius 2 is 2.09 bits per heavy atom. The zero-order valence-electron chi connectivity index (χ0n) is 11.9. The number of carbonyl (C=O) groups excluding carboxylic acids is 1. The van der Waals surface area contributed by atoms with E-state index in [2.05, 4.69) is 10.1 Å². The van der Waals surface area contributed by atoms with Crippen LogP contribution < -0.4 is 0 Å². The number of fused-ring (bicyclic) bond motifs is 1. The summed E-state index contributed by atoms with van der Waals surface area (Å²) in [5.74, 6) is 1.32. The molecule has 4 rings (SSSR count). The van der Waals surface area contributed by atoms with Crippen molar-refractivity contribution in [3.63, 3.8) is 0 Å². The molecule has 2 aromatic heterocycles. The molecule has 110 valence electrons. The standard InChI is InChI=1S/C16H13N3O2S/c1-10-4-6-11(7-5-10)15-17-16-19(18-15)14(20)9-13(22-16)12-3-2-8-21-12/h2-8,13H,9H2,1H3/t13-/m0/s1. The minimum atomic E-state index is -0.0546. The van der Waals surface area contributed by atoms with E-state index in [0.29, 0.717) is 17.4 Å². The van der Waals surface area contributed by atoms with Crippen LogP contribution in [-0.4, -0.2) is 20.7 Å². The lowest BCUT2D eigenvalue weighted by molar-refractivity contribution is 0.0865. The van der Waals surface area contributed by atoms with Gasteiger partial charge in [-0.15, -0.1) is 5.10 Å². The predicted molar refractivity (Wildman–Crippen MR) is 82.7 cm³/mol. The van der Waals surface area contributed by atoms with Gasteiger partial charge in [0, 0.05) is 12.0 Å². The molecule has 1 aromatic carbocycles. The normalized spacial score (nSPS) is 17.5. The quantitative estimate of drug-likeness (QED) is 0.722. The third-order valence-corrected chi connectivity index (χ3v) is 4.75. The van der Waals surface area contributed by atoms with Gasteiger partial charge in [0.05, 0.1) is 11.5 Å². The van der Waals surface area contributed by atoms with E-state index in [1.165, 1.54) is 22.0 Å². The van der Waals surface area contributed by atoms with Gasteiger partial charge < -0.3 is 4.42 Å². The number of hydrogen-bond acceptors (Lipinski definition) is 5. The van der Waals surface area contributed by atoms with Crippen LogP contribution in [0.2, 0.25) is 0 Å². The molecule has 3 aromatic rings. The summed E-state index contributed by atoms with van der Waals surface area (Å²) in [6.45, 7) is 2.03. The lowest BCUT2D eigenvalue weighted by atomic mass is 10.1. The number of carbonyl (C=O) groups is 1. The number of furan rings is 1. The fraction of sp³-hybridized carbons (Fsp3) is 0.188. The fourth-order valence-electron chi connectivity index (χ4n) is 2.41. The van der Waals surface area contributed by atoms with E-state index in [0.717, 1.165) is 11.3 Å². The molecule has 0 bridgehead atoms. The van der Waals surface area contributed by atoms with Crippen molar-refractivity contribution in [2.45, 2.75) is 23.8 Å². The van der Waals surface area contributed by atoms with Gasteiger partial charge in [-0.2, -0.15) is 4.68 Å². The van der Waals surface area contributed by atoms with Crippen molar-refractivity contribution in [2.24, 2.45) is 0 Å². The Kier molecular flexibility index (Phi) is 3.11. The summed E-state index contributed by atoms with van der Waals surface area (Å²) in [6, 6.07) is 11.7. The fourth-order valence-corrected chi connectivity index (χ4v) is 3.52. The molecule has 1 aliphatic rings. The molecule has 5 nitrogen and oxygen atoms in total. The van der Waals surface area contributed by atoms with Gasteiger partial charge in [0.15, 0.2) is 11.0 Å². The molecule has 0 fully saturated rings. The van der Waals surface area contributed by atoms with Crippen molar-refractivity contribution >= 4 is 17.7 Å². The Morgan fingerprint density at radius 1 is 1.27 bits per heavy atom. The Morgan fingerprint density at radius 3 is 2.82 bits per heavy atom. The number of rotatable bonds is 2. The highest BCUT2D eigenvalue weighted by atomic mass is 32.2. The van der Waals surface area contributed by atoms with Crippen LogP contribution in [0.15, 0.2) is 52.2 Å². The van der Waals surface area contributed by atoms with Crippen molar-refractivity contribution < 1.29 is 9.21 Å². The number of benzene rings is 1. The summed E-state index contributed by atoms with van der Waals surface area (Å²) in [5, 5.41) is 4.93. The maximum Gasteiger partial charge on any atom is 0.250 e. The lowest BCUT2D eigenvalue weighted by Crippen LogP contribution is -2.20. The molecule has 0 N–H and O–H groups in total. The summed E-state index contributed by atoms with van der Waals surface area (Å²) >= 11 is 1.51. The molecule has 1 aliphatic heterocycles. The van der Waals surface area contributed by atoms with Crippen LogP contribution in [0.25, 0.3) is 11.4 Å². The van der Waals surface area contributed by atoms with Crippen molar-refractivity contribution in [2.75, 3.05) is 0 Å². The summed E-state index contributed by atoms with van der Waals surface area (Å²) < 4.78 is 6.81. The molecule has 0 aliphatic carbocycles. The number of aryl methyl sites for hydroxylation is 1. The first-order valence-electron chi connectivity index (χ1n) is 6.98. The Labute approximate surface area is 131 Å². The highest BCUT2D eigenvalue weighted by Gasteiger charge is 2.31. The molecular weight excluding hydrogens is 298 g/mol. The van der Waals surface area contributed by atoms with Gasteiger partial charge in [0.2, 0.25) is 0 Å². The van der Waals surface area contributed by atoms with Crippen LogP contribution in [0.5, 0.6) is 0 Å². The first kappa shape index (κ1) is 13.3. The third kappa shape index (κ3) is 2.25. The van der Waals surface area contributed by atoms with Crippen molar-refractivity contribution in [1.29, 1.82) is 0 Å². The van der Waals surface area contributed by atoms with E-state index in [4.69, 9.17) is 4.42 Å². The molecular formula is C16H13N3O2S. The summed E-state index contributed by atoms with van der Waals surface area (Å²) in [5.41, 5.74) is 2.09. The van der Waals surface area contributed by atoms with E-state index >= 15 is 0 Å². The first-order valence-corrected chi connectivity index (χ1v) is 7.86. The highest BCUT2D eigenvalue weighted by Crippen LogP contribution is 2.41. The van der Waals surface area contributed by atoms with E-state index in [-0.39, 0.29) is 11.2 Å². The largest absolute Gasteiger partial charge is 0.468 e. The summed E-state index contributed by atoms with van der Waals surface area (Å²) in [4.78, 5) is 16.8. The average molecular weight is 311 g/mol. The minimum Gasteiger partial charge on any atom is -0.468 e. The van der Waals surface area contributed by atoms with E-state index in [1.54, 1.807) is 6.26 Å². The van der Waals surface area contributed by atoms with Gasteiger partial charge in [-0.05, 0) is 19.1 Å². The van der Waals surface area contributed by atoms with Gasteiger partial charge in [-0.3, -0.25) is 4.79 Å². The maximum absolute atomic E-state index is 12.3. The number of aromatic nitrogens is 3. The van der Waals surface area contributed by atoms with Crippen LogP contribution in [0, 0.1) is 6.92 Å². The Bertz CT molecular complexity index is 822. The SMILES string of the molecule is Cc1ccc(-c2nc3n(n2)C(=O)C[C@@H](c2ccco2)S3)cc1. The topological polar surface area (TPSA) is 60.9 Å². The zero-order valence-corrected chi connectivity index (χ0v) is 12.7. The molecule has 22 heavy (non-hydrogen) atoms. The van der Waals surface area contributed by atoms with Gasteiger partial charge >= 0.3 is 0 Å². The molecule has 0 radical (unpaired) electrons. The molecule has 0 unspecified atom stereocenters. The van der Waals surface area contributed by atoms with Crippen LogP contribution >= 0.6 is 11.8 Å². The Balaban J connectivity index is 1.69. The second-order valence-electron chi connectivity index (χ2n) is 5.22. The smallest absolute Gasteiger partial charge is 0.250 e. The molecule has 6 heteroatoms. The molecule has 0 spiro atoms. The van der Waals surface area contributed by atoms with E-state index < -0.39 is 0 Å². The summed E-state index contributed by atoms with van der Waals surface area (Å²) in [6.07, 6.45) is 1.99. The first-order chi connectivity index (χ1) is 10.7. The second kappa shape index (κ2) is 5.14. The average Bonchev–Trinajstić information content (AvgIpc) is 3.17. The number of thioether (sulfide) groups is 1. The van der Waals surface area contributed by atoms with Gasteiger partial charge in [0.25, 0.3) is 5.91 Å². The van der Waals surface area contributed by atoms with Crippen LogP contribution in [0.3, 0.4) is 0 Å². The lowest BCUT2D eigenvalue weighted by Gasteiger charge is -2.17. The van der Waals surface area contributed by atoms with Gasteiger partial charge in [-0.1, -0.05) is 41.6 Å².